The molecule has 1 aliphatic rings. The van der Waals surface area contributed by atoms with E-state index in [2.05, 4.69) is 15.3 Å². The molecular formula is C19H18Cl2N4O4S. The lowest BCUT2D eigenvalue weighted by Crippen LogP contribution is -2.54. The Hall–Kier alpha value is -2.33. The lowest BCUT2D eigenvalue weighted by molar-refractivity contribution is 0.0699. The number of aromatic carboxylic acids is 1. The van der Waals surface area contributed by atoms with E-state index in [4.69, 9.17) is 23.2 Å². The van der Waals surface area contributed by atoms with Gasteiger partial charge in [-0.2, -0.15) is 0 Å². The molecule has 3 heterocycles. The molecule has 0 radical (unpaired) electrons. The third kappa shape index (κ3) is 3.74. The molecule has 8 nitrogen and oxygen atoms in total. The smallest absolute Gasteiger partial charge is 0.337 e. The number of thiazole rings is 1. The van der Waals surface area contributed by atoms with E-state index in [-0.39, 0.29) is 22.8 Å². The number of carboxylic acid groups (broad SMARTS) is 1. The number of carbonyl (C=O) groups is 2. The van der Waals surface area contributed by atoms with Gasteiger partial charge in [0.2, 0.25) is 0 Å². The van der Waals surface area contributed by atoms with E-state index in [0.29, 0.717) is 39.0 Å². The van der Waals surface area contributed by atoms with Gasteiger partial charge < -0.3 is 25.4 Å². The van der Waals surface area contributed by atoms with Crippen LogP contribution in [0.2, 0.25) is 10.0 Å². The molecule has 1 aliphatic heterocycles. The zero-order valence-electron chi connectivity index (χ0n) is 15.8. The monoisotopic (exact) mass is 468 g/mol. The Balaban J connectivity index is 1.47. The summed E-state index contributed by atoms with van der Waals surface area (Å²) in [6, 6.07) is 4.50. The van der Waals surface area contributed by atoms with Crippen molar-refractivity contribution in [1.29, 1.82) is 0 Å². The summed E-state index contributed by atoms with van der Waals surface area (Å²) in [4.78, 5) is 33.2. The fourth-order valence-electron chi connectivity index (χ4n) is 3.48. The van der Waals surface area contributed by atoms with Crippen molar-refractivity contribution in [1.82, 2.24) is 15.3 Å². The molecule has 3 aromatic rings. The second-order valence-electron chi connectivity index (χ2n) is 7.09. The van der Waals surface area contributed by atoms with Crippen LogP contribution in [-0.4, -0.2) is 57.3 Å². The number of hydrogen-bond donors (Lipinski definition) is 4. The number of amides is 1. The van der Waals surface area contributed by atoms with E-state index < -0.39 is 24.0 Å². The number of fused-ring (bicyclic) bond motifs is 1. The maximum atomic E-state index is 12.5. The standard InChI is InChI=1S/C19H18Cl2N4O4S/c1-8-13(20)14(21)15(22-8)17(27)23-10-5-6-25(7-12(10)26)19-24-11-4-2-3-9(18(28)29)16(11)30-19/h2-4,10,12,22,26H,5-7H2,1H3,(H,23,27)(H,28,29). The summed E-state index contributed by atoms with van der Waals surface area (Å²) < 4.78 is 0.596. The number of anilines is 1. The number of halogens is 2. The highest BCUT2D eigenvalue weighted by Gasteiger charge is 2.32. The number of aromatic nitrogens is 2. The number of nitrogens with zero attached hydrogens (tertiary/aromatic N) is 2. The largest absolute Gasteiger partial charge is 0.478 e. The van der Waals surface area contributed by atoms with E-state index in [0.717, 1.165) is 0 Å². The fourth-order valence-corrected chi connectivity index (χ4v) is 5.00. The molecule has 1 saturated heterocycles. The van der Waals surface area contributed by atoms with Gasteiger partial charge >= 0.3 is 5.97 Å². The van der Waals surface area contributed by atoms with E-state index >= 15 is 0 Å². The highest BCUT2D eigenvalue weighted by molar-refractivity contribution is 7.22. The number of benzene rings is 1. The van der Waals surface area contributed by atoms with Crippen molar-refractivity contribution in [2.75, 3.05) is 18.0 Å². The number of hydrogen-bond acceptors (Lipinski definition) is 6. The van der Waals surface area contributed by atoms with Gasteiger partial charge in [-0.3, -0.25) is 4.79 Å². The third-order valence-corrected chi connectivity index (χ3v) is 7.20. The Kier molecular flexibility index (Phi) is 5.63. The number of aliphatic hydroxyl groups excluding tert-OH is 1. The molecule has 1 aromatic carbocycles. The quantitative estimate of drug-likeness (QED) is 0.466. The predicted molar refractivity (Wildman–Crippen MR) is 116 cm³/mol. The fraction of sp³-hybridized carbons (Fsp3) is 0.316. The van der Waals surface area contributed by atoms with Gasteiger partial charge in [0.05, 0.1) is 38.0 Å². The van der Waals surface area contributed by atoms with Crippen molar-refractivity contribution in [3.8, 4) is 0 Å². The Morgan fingerprint density at radius 1 is 1.33 bits per heavy atom. The van der Waals surface area contributed by atoms with Crippen LogP contribution in [0.5, 0.6) is 0 Å². The average Bonchev–Trinajstić information content (AvgIpc) is 3.26. The number of H-pyrrole nitrogens is 1. The lowest BCUT2D eigenvalue weighted by atomic mass is 10.0. The van der Waals surface area contributed by atoms with Gasteiger partial charge in [0.1, 0.15) is 5.69 Å². The third-order valence-electron chi connectivity index (χ3n) is 5.08. The number of nitrogens with one attached hydrogen (secondary N) is 2. The summed E-state index contributed by atoms with van der Waals surface area (Å²) in [6.45, 7) is 2.51. The van der Waals surface area contributed by atoms with E-state index in [1.807, 2.05) is 4.90 Å². The number of β-amino-alcohol motifs (C(OH)–C–C–N with tert-alkyl or cyclic N) is 1. The molecule has 4 N–H and O–H groups in total. The zero-order valence-corrected chi connectivity index (χ0v) is 18.1. The highest BCUT2D eigenvalue weighted by atomic mass is 35.5. The summed E-state index contributed by atoms with van der Waals surface area (Å²) in [5, 5.41) is 23.9. The summed E-state index contributed by atoms with van der Waals surface area (Å²) >= 11 is 13.4. The summed E-state index contributed by atoms with van der Waals surface area (Å²) in [5.74, 6) is -1.44. The predicted octanol–water partition coefficient (Wildman–Crippen LogP) is 3.31. The van der Waals surface area contributed by atoms with E-state index in [1.165, 1.54) is 11.3 Å². The summed E-state index contributed by atoms with van der Waals surface area (Å²) in [5.41, 5.74) is 1.57. The Morgan fingerprint density at radius 2 is 2.10 bits per heavy atom. The first-order valence-corrected chi connectivity index (χ1v) is 10.7. The van der Waals surface area contributed by atoms with Gasteiger partial charge in [0.25, 0.3) is 5.91 Å². The second kappa shape index (κ2) is 8.07. The van der Waals surface area contributed by atoms with Crippen LogP contribution in [0.4, 0.5) is 5.13 Å². The summed E-state index contributed by atoms with van der Waals surface area (Å²) in [7, 11) is 0. The van der Waals surface area contributed by atoms with Gasteiger partial charge in [-0.05, 0) is 25.5 Å². The van der Waals surface area contributed by atoms with Crippen LogP contribution in [0.3, 0.4) is 0 Å². The number of carbonyl (C=O) groups excluding carboxylic acids is 1. The second-order valence-corrected chi connectivity index (χ2v) is 8.82. The molecule has 0 aliphatic carbocycles. The maximum Gasteiger partial charge on any atom is 0.337 e. The normalized spacial score (nSPS) is 19.3. The molecule has 11 heteroatoms. The molecule has 2 atom stereocenters. The molecule has 1 amide bonds. The number of aliphatic hydroxyl groups is 1. The molecular weight excluding hydrogens is 451 g/mol. The molecule has 2 unspecified atom stereocenters. The average molecular weight is 469 g/mol. The van der Waals surface area contributed by atoms with Crippen molar-refractivity contribution in [2.24, 2.45) is 0 Å². The molecule has 30 heavy (non-hydrogen) atoms. The minimum atomic E-state index is -1.00. The number of piperidine rings is 1. The highest BCUT2D eigenvalue weighted by Crippen LogP contribution is 2.33. The first kappa shape index (κ1) is 20.9. The van der Waals surface area contributed by atoms with Crippen LogP contribution in [0.15, 0.2) is 18.2 Å². The molecule has 2 aromatic heterocycles. The molecule has 158 valence electrons. The van der Waals surface area contributed by atoms with Gasteiger partial charge in [0, 0.05) is 18.8 Å². The van der Waals surface area contributed by atoms with Crippen molar-refractivity contribution in [3.63, 3.8) is 0 Å². The number of aryl methyl sites for hydroxylation is 1. The molecule has 0 bridgehead atoms. The molecule has 0 saturated carbocycles. The van der Waals surface area contributed by atoms with Gasteiger partial charge in [-0.1, -0.05) is 40.6 Å². The van der Waals surface area contributed by atoms with Gasteiger partial charge in [0.15, 0.2) is 5.13 Å². The molecule has 1 fully saturated rings. The van der Waals surface area contributed by atoms with Crippen molar-refractivity contribution < 1.29 is 19.8 Å². The van der Waals surface area contributed by atoms with E-state index in [1.54, 1.807) is 25.1 Å². The first-order valence-electron chi connectivity index (χ1n) is 9.16. The van der Waals surface area contributed by atoms with Crippen LogP contribution >= 0.6 is 34.5 Å². The Labute approximate surface area is 185 Å². The number of rotatable bonds is 4. The van der Waals surface area contributed by atoms with Gasteiger partial charge in [-0.25, -0.2) is 9.78 Å². The Morgan fingerprint density at radius 3 is 2.73 bits per heavy atom. The maximum absolute atomic E-state index is 12.5. The zero-order chi connectivity index (χ0) is 21.6. The molecule has 0 spiro atoms. The minimum Gasteiger partial charge on any atom is -0.478 e. The van der Waals surface area contributed by atoms with Crippen LogP contribution in [0, 0.1) is 6.92 Å². The number of carboxylic acids is 1. The summed E-state index contributed by atoms with van der Waals surface area (Å²) in [6.07, 6.45) is -0.349. The van der Waals surface area contributed by atoms with Crippen molar-refractivity contribution in [3.05, 3.63) is 45.2 Å². The van der Waals surface area contributed by atoms with Crippen LogP contribution < -0.4 is 10.2 Å². The minimum absolute atomic E-state index is 0.155. The molecule has 4 rings (SSSR count). The SMILES string of the molecule is Cc1[nH]c(C(=O)NC2CCN(c3nc4cccc(C(=O)O)c4s3)CC2O)c(Cl)c1Cl. The lowest BCUT2D eigenvalue weighted by Gasteiger charge is -2.36. The van der Waals surface area contributed by atoms with Gasteiger partial charge in [-0.15, -0.1) is 0 Å². The number of aromatic amines is 1. The van der Waals surface area contributed by atoms with Crippen LogP contribution in [-0.2, 0) is 0 Å². The Bertz CT molecular complexity index is 1150. The van der Waals surface area contributed by atoms with Crippen molar-refractivity contribution >= 4 is 61.8 Å². The van der Waals surface area contributed by atoms with Crippen molar-refractivity contribution in [2.45, 2.75) is 25.5 Å². The van der Waals surface area contributed by atoms with E-state index in [9.17, 15) is 19.8 Å². The topological polar surface area (TPSA) is 119 Å². The van der Waals surface area contributed by atoms with Crippen LogP contribution in [0.25, 0.3) is 10.2 Å². The first-order chi connectivity index (χ1) is 14.3. The van der Waals surface area contributed by atoms with Crippen LogP contribution in [0.1, 0.15) is 33.0 Å².